The highest BCUT2D eigenvalue weighted by molar-refractivity contribution is 7.80. The van der Waals surface area contributed by atoms with E-state index in [0.29, 0.717) is 6.42 Å². The molecule has 0 spiro atoms. The number of rotatable bonds is 3. The molecule has 1 rings (SSSR count). The SMILES string of the molecule is N#CCc1cccc(C=NNC(N)=S)c1. The lowest BCUT2D eigenvalue weighted by atomic mass is 10.1. The van der Waals surface area contributed by atoms with Gasteiger partial charge in [-0.3, -0.25) is 5.43 Å². The molecule has 5 heteroatoms. The summed E-state index contributed by atoms with van der Waals surface area (Å²) >= 11 is 4.59. The van der Waals surface area contributed by atoms with Crippen LogP contribution in [0, 0.1) is 11.3 Å². The van der Waals surface area contributed by atoms with E-state index in [1.54, 1.807) is 6.21 Å². The molecule has 0 aromatic heterocycles. The third-order valence-electron chi connectivity index (χ3n) is 1.62. The van der Waals surface area contributed by atoms with E-state index in [4.69, 9.17) is 11.0 Å². The second-order valence-electron chi connectivity index (χ2n) is 2.81. The van der Waals surface area contributed by atoms with Gasteiger partial charge in [-0.05, 0) is 29.4 Å². The molecule has 0 saturated carbocycles. The van der Waals surface area contributed by atoms with Crippen molar-refractivity contribution in [3.8, 4) is 6.07 Å². The van der Waals surface area contributed by atoms with Gasteiger partial charge in [0.05, 0.1) is 18.7 Å². The maximum absolute atomic E-state index is 8.53. The zero-order chi connectivity index (χ0) is 11.1. The molecule has 0 heterocycles. The predicted molar refractivity (Wildman–Crippen MR) is 63.3 cm³/mol. The van der Waals surface area contributed by atoms with Gasteiger partial charge >= 0.3 is 0 Å². The Balaban J connectivity index is 2.69. The third kappa shape index (κ3) is 4.20. The molecule has 3 N–H and O–H groups in total. The van der Waals surface area contributed by atoms with Crippen molar-refractivity contribution in [1.82, 2.24) is 5.43 Å². The molecule has 76 valence electrons. The second kappa shape index (κ2) is 5.73. The molecule has 1 aromatic rings. The van der Waals surface area contributed by atoms with Crippen LogP contribution in [0.15, 0.2) is 29.4 Å². The van der Waals surface area contributed by atoms with Crippen LogP contribution in [0.3, 0.4) is 0 Å². The van der Waals surface area contributed by atoms with Crippen LogP contribution in [0.25, 0.3) is 0 Å². The average Bonchev–Trinajstić information content (AvgIpc) is 2.18. The minimum absolute atomic E-state index is 0.124. The van der Waals surface area contributed by atoms with Gasteiger partial charge in [-0.2, -0.15) is 10.4 Å². The third-order valence-corrected chi connectivity index (χ3v) is 1.71. The minimum atomic E-state index is 0.124. The summed E-state index contributed by atoms with van der Waals surface area (Å²) in [5, 5.41) is 12.5. The zero-order valence-corrected chi connectivity index (χ0v) is 8.79. The molecule has 0 saturated heterocycles. The predicted octanol–water partition coefficient (Wildman–Crippen LogP) is 0.920. The van der Waals surface area contributed by atoms with Crippen molar-refractivity contribution in [2.75, 3.05) is 0 Å². The first-order valence-corrected chi connectivity index (χ1v) is 4.67. The summed E-state index contributed by atoms with van der Waals surface area (Å²) in [4.78, 5) is 0. The van der Waals surface area contributed by atoms with Crippen LogP contribution in [0.2, 0.25) is 0 Å². The number of nitriles is 1. The van der Waals surface area contributed by atoms with Crippen LogP contribution < -0.4 is 11.2 Å². The van der Waals surface area contributed by atoms with Gasteiger partial charge in [0, 0.05) is 0 Å². The second-order valence-corrected chi connectivity index (χ2v) is 3.25. The summed E-state index contributed by atoms with van der Waals surface area (Å²) < 4.78 is 0. The Morgan fingerprint density at radius 2 is 2.47 bits per heavy atom. The highest BCUT2D eigenvalue weighted by Crippen LogP contribution is 2.03. The monoisotopic (exact) mass is 218 g/mol. The Morgan fingerprint density at radius 1 is 1.67 bits per heavy atom. The first-order chi connectivity index (χ1) is 7.22. The Morgan fingerprint density at radius 3 is 3.13 bits per heavy atom. The van der Waals surface area contributed by atoms with Crippen molar-refractivity contribution in [1.29, 1.82) is 5.26 Å². The summed E-state index contributed by atoms with van der Waals surface area (Å²) in [6.07, 6.45) is 1.99. The number of hydrazone groups is 1. The molecule has 0 unspecified atom stereocenters. The molecule has 0 aliphatic rings. The molecule has 4 nitrogen and oxygen atoms in total. The molecule has 1 aromatic carbocycles. The van der Waals surface area contributed by atoms with Gasteiger partial charge in [0.15, 0.2) is 5.11 Å². The van der Waals surface area contributed by atoms with E-state index >= 15 is 0 Å². The van der Waals surface area contributed by atoms with Gasteiger partial charge in [0.25, 0.3) is 0 Å². The van der Waals surface area contributed by atoms with Gasteiger partial charge in [-0.25, -0.2) is 0 Å². The van der Waals surface area contributed by atoms with Crippen LogP contribution in [-0.4, -0.2) is 11.3 Å². The molecule has 0 radical (unpaired) electrons. The summed E-state index contributed by atoms with van der Waals surface area (Å²) in [6.45, 7) is 0. The molecule has 0 amide bonds. The van der Waals surface area contributed by atoms with E-state index in [2.05, 4.69) is 28.8 Å². The van der Waals surface area contributed by atoms with E-state index in [-0.39, 0.29) is 5.11 Å². The fourth-order valence-electron chi connectivity index (χ4n) is 1.05. The van der Waals surface area contributed by atoms with E-state index in [1.165, 1.54) is 0 Å². The quantitative estimate of drug-likeness (QED) is 0.449. The summed E-state index contributed by atoms with van der Waals surface area (Å²) in [5.74, 6) is 0. The minimum Gasteiger partial charge on any atom is -0.375 e. The first kappa shape index (κ1) is 11.1. The Bertz CT molecular complexity index is 420. The van der Waals surface area contributed by atoms with Crippen LogP contribution in [0.1, 0.15) is 11.1 Å². The van der Waals surface area contributed by atoms with Gasteiger partial charge in [-0.1, -0.05) is 18.2 Å². The lowest BCUT2D eigenvalue weighted by molar-refractivity contribution is 1.04. The van der Waals surface area contributed by atoms with Crippen molar-refractivity contribution in [2.45, 2.75) is 6.42 Å². The number of hydrogen-bond donors (Lipinski definition) is 2. The van der Waals surface area contributed by atoms with Crippen molar-refractivity contribution >= 4 is 23.5 Å². The van der Waals surface area contributed by atoms with E-state index in [0.717, 1.165) is 11.1 Å². The number of nitrogens with one attached hydrogen (secondary N) is 1. The van der Waals surface area contributed by atoms with Crippen molar-refractivity contribution in [3.05, 3.63) is 35.4 Å². The van der Waals surface area contributed by atoms with Crippen LogP contribution in [-0.2, 0) is 6.42 Å². The molecule has 0 atom stereocenters. The van der Waals surface area contributed by atoms with Crippen LogP contribution >= 0.6 is 12.2 Å². The van der Waals surface area contributed by atoms with E-state index < -0.39 is 0 Å². The summed E-state index contributed by atoms with van der Waals surface area (Å²) in [5.41, 5.74) is 9.51. The molecular weight excluding hydrogens is 208 g/mol. The highest BCUT2D eigenvalue weighted by Gasteiger charge is 1.92. The average molecular weight is 218 g/mol. The van der Waals surface area contributed by atoms with Gasteiger partial charge in [-0.15, -0.1) is 0 Å². The Hall–Kier alpha value is -1.93. The lowest BCUT2D eigenvalue weighted by Gasteiger charge is -1.97. The molecule has 0 bridgehead atoms. The smallest absolute Gasteiger partial charge is 0.184 e. The normalized spacial score (nSPS) is 9.80. The van der Waals surface area contributed by atoms with Crippen molar-refractivity contribution in [2.24, 2.45) is 10.8 Å². The molecule has 15 heavy (non-hydrogen) atoms. The van der Waals surface area contributed by atoms with E-state index in [9.17, 15) is 0 Å². The zero-order valence-electron chi connectivity index (χ0n) is 7.97. The fourth-order valence-corrected chi connectivity index (χ4v) is 1.10. The maximum Gasteiger partial charge on any atom is 0.184 e. The van der Waals surface area contributed by atoms with Crippen molar-refractivity contribution < 1.29 is 0 Å². The Kier molecular flexibility index (Phi) is 4.26. The van der Waals surface area contributed by atoms with Gasteiger partial charge in [0.1, 0.15) is 0 Å². The largest absolute Gasteiger partial charge is 0.375 e. The van der Waals surface area contributed by atoms with Gasteiger partial charge in [0.2, 0.25) is 0 Å². The number of nitrogens with zero attached hydrogens (tertiary/aromatic N) is 2. The Labute approximate surface area is 93.4 Å². The maximum atomic E-state index is 8.53. The number of thiocarbonyl (C=S) groups is 1. The number of hydrogen-bond acceptors (Lipinski definition) is 3. The summed E-state index contributed by atoms with van der Waals surface area (Å²) in [6, 6.07) is 9.61. The molecule has 0 fully saturated rings. The van der Waals surface area contributed by atoms with E-state index in [1.807, 2.05) is 24.3 Å². The first-order valence-electron chi connectivity index (χ1n) is 4.27. The van der Waals surface area contributed by atoms with Gasteiger partial charge < -0.3 is 5.73 Å². The topological polar surface area (TPSA) is 74.2 Å². The fraction of sp³-hybridized carbons (Fsp3) is 0.100. The van der Waals surface area contributed by atoms with Crippen LogP contribution in [0.5, 0.6) is 0 Å². The lowest BCUT2D eigenvalue weighted by Crippen LogP contribution is -2.23. The molecule has 0 aliphatic heterocycles. The van der Waals surface area contributed by atoms with Crippen molar-refractivity contribution in [3.63, 3.8) is 0 Å². The van der Waals surface area contributed by atoms with Crippen LogP contribution in [0.4, 0.5) is 0 Å². The number of benzene rings is 1. The standard InChI is InChI=1S/C10H10N4S/c11-5-4-8-2-1-3-9(6-8)7-13-14-10(12)15/h1-3,6-7H,4H2,(H3,12,14,15). The highest BCUT2D eigenvalue weighted by atomic mass is 32.1. The summed E-state index contributed by atoms with van der Waals surface area (Å²) in [7, 11) is 0. The number of nitrogens with two attached hydrogens (primary N) is 1. The molecule has 0 aliphatic carbocycles. The molecular formula is C10H10N4S.